The zero-order valence-electron chi connectivity index (χ0n) is 10.4. The number of rotatable bonds is 4. The molecular formula is C15H13Br2FO. The van der Waals surface area contributed by atoms with Crippen molar-refractivity contribution in [2.24, 2.45) is 0 Å². The minimum atomic E-state index is -0.243. The van der Waals surface area contributed by atoms with Gasteiger partial charge in [0, 0.05) is 9.30 Å². The van der Waals surface area contributed by atoms with Crippen molar-refractivity contribution < 1.29 is 9.13 Å². The summed E-state index contributed by atoms with van der Waals surface area (Å²) in [5.41, 5.74) is 2.13. The lowest BCUT2D eigenvalue weighted by Gasteiger charge is -2.14. The number of halogens is 3. The average Bonchev–Trinajstić information content (AvgIpc) is 2.39. The van der Waals surface area contributed by atoms with Crippen LogP contribution >= 0.6 is 31.9 Å². The van der Waals surface area contributed by atoms with Gasteiger partial charge in [0.05, 0.1) is 7.11 Å². The molecule has 0 bridgehead atoms. The van der Waals surface area contributed by atoms with Gasteiger partial charge < -0.3 is 4.74 Å². The average molecular weight is 388 g/mol. The fourth-order valence-electron chi connectivity index (χ4n) is 1.93. The quantitative estimate of drug-likeness (QED) is 0.649. The minimum absolute atomic E-state index is 0.0961. The van der Waals surface area contributed by atoms with Gasteiger partial charge >= 0.3 is 0 Å². The molecule has 2 aromatic rings. The first-order valence-electron chi connectivity index (χ1n) is 5.82. The first-order valence-corrected chi connectivity index (χ1v) is 7.53. The van der Waals surface area contributed by atoms with Crippen LogP contribution in [0.2, 0.25) is 0 Å². The molecule has 0 amide bonds. The van der Waals surface area contributed by atoms with Crippen LogP contribution < -0.4 is 4.74 Å². The van der Waals surface area contributed by atoms with Gasteiger partial charge in [-0.25, -0.2) is 4.39 Å². The fraction of sp³-hybridized carbons (Fsp3) is 0.200. The normalized spacial score (nSPS) is 12.2. The Kier molecular flexibility index (Phi) is 4.99. The lowest BCUT2D eigenvalue weighted by atomic mass is 10.0. The number of hydrogen-bond acceptors (Lipinski definition) is 1. The van der Waals surface area contributed by atoms with E-state index in [9.17, 15) is 4.39 Å². The summed E-state index contributed by atoms with van der Waals surface area (Å²) >= 11 is 7.05. The number of benzene rings is 2. The van der Waals surface area contributed by atoms with E-state index in [0.29, 0.717) is 0 Å². The maximum atomic E-state index is 13.1. The van der Waals surface area contributed by atoms with E-state index in [4.69, 9.17) is 4.74 Å². The second-order valence-electron chi connectivity index (χ2n) is 4.15. The van der Waals surface area contributed by atoms with Gasteiger partial charge in [0.2, 0.25) is 0 Å². The summed E-state index contributed by atoms with van der Waals surface area (Å²) in [4.78, 5) is 0.0961. The molecule has 2 aromatic carbocycles. The maximum Gasteiger partial charge on any atom is 0.124 e. The highest BCUT2D eigenvalue weighted by Gasteiger charge is 2.14. The van der Waals surface area contributed by atoms with Crippen molar-refractivity contribution in [3.8, 4) is 5.75 Å². The van der Waals surface area contributed by atoms with Crippen molar-refractivity contribution in [1.29, 1.82) is 0 Å². The molecule has 1 atom stereocenters. The smallest absolute Gasteiger partial charge is 0.124 e. The molecule has 1 unspecified atom stereocenters. The van der Waals surface area contributed by atoms with Crippen molar-refractivity contribution in [2.45, 2.75) is 11.2 Å². The third-order valence-electron chi connectivity index (χ3n) is 2.89. The van der Waals surface area contributed by atoms with Gasteiger partial charge in [0.25, 0.3) is 0 Å². The number of ether oxygens (including phenoxy) is 1. The van der Waals surface area contributed by atoms with E-state index in [2.05, 4.69) is 31.9 Å². The van der Waals surface area contributed by atoms with Gasteiger partial charge in [0.15, 0.2) is 0 Å². The molecule has 0 N–H and O–H groups in total. The molecule has 4 heteroatoms. The Labute approximate surface area is 129 Å². The Balaban J connectivity index is 2.23. The monoisotopic (exact) mass is 386 g/mol. The van der Waals surface area contributed by atoms with Crippen molar-refractivity contribution in [3.05, 3.63) is 63.9 Å². The largest absolute Gasteiger partial charge is 0.496 e. The van der Waals surface area contributed by atoms with E-state index in [1.165, 1.54) is 12.1 Å². The van der Waals surface area contributed by atoms with Crippen LogP contribution in [0, 0.1) is 5.82 Å². The first-order chi connectivity index (χ1) is 9.11. The summed E-state index contributed by atoms with van der Waals surface area (Å²) in [6.45, 7) is 0. The van der Waals surface area contributed by atoms with E-state index in [-0.39, 0.29) is 10.6 Å². The standard InChI is InChI=1S/C15H13Br2FO/c1-19-15-5-3-2-4-10(15)8-13(16)12-7-6-11(18)9-14(12)17/h2-7,9,13H,8H2,1H3. The zero-order chi connectivity index (χ0) is 13.8. The highest BCUT2D eigenvalue weighted by molar-refractivity contribution is 9.11. The summed E-state index contributed by atoms with van der Waals surface area (Å²) in [6.07, 6.45) is 0.772. The Morgan fingerprint density at radius 1 is 1.21 bits per heavy atom. The summed E-state index contributed by atoms with van der Waals surface area (Å²) < 4.78 is 19.2. The molecule has 0 heterocycles. The molecule has 0 radical (unpaired) electrons. The topological polar surface area (TPSA) is 9.23 Å². The third kappa shape index (κ3) is 3.57. The lowest BCUT2D eigenvalue weighted by molar-refractivity contribution is 0.409. The molecular weight excluding hydrogens is 375 g/mol. The summed E-state index contributed by atoms with van der Waals surface area (Å²) in [6, 6.07) is 12.6. The van der Waals surface area contributed by atoms with Gasteiger partial charge in [-0.05, 0) is 35.7 Å². The molecule has 0 aliphatic carbocycles. The molecule has 0 saturated heterocycles. The highest BCUT2D eigenvalue weighted by Crippen LogP contribution is 2.34. The van der Waals surface area contributed by atoms with Gasteiger partial charge in [-0.15, -0.1) is 0 Å². The Morgan fingerprint density at radius 3 is 2.63 bits per heavy atom. The van der Waals surface area contributed by atoms with Crippen molar-refractivity contribution in [2.75, 3.05) is 7.11 Å². The van der Waals surface area contributed by atoms with Crippen LogP contribution in [0.1, 0.15) is 16.0 Å². The number of hydrogen-bond donors (Lipinski definition) is 0. The second-order valence-corrected chi connectivity index (χ2v) is 6.11. The Hall–Kier alpha value is -0.870. The molecule has 0 aliphatic heterocycles. The van der Waals surface area contributed by atoms with Crippen molar-refractivity contribution in [1.82, 2.24) is 0 Å². The molecule has 100 valence electrons. The molecule has 19 heavy (non-hydrogen) atoms. The van der Waals surface area contributed by atoms with Crippen LogP contribution in [0.25, 0.3) is 0 Å². The molecule has 2 rings (SSSR count). The molecule has 0 aliphatic rings. The summed E-state index contributed by atoms with van der Waals surface area (Å²) in [5.74, 6) is 0.623. The van der Waals surface area contributed by atoms with Crippen LogP contribution in [-0.4, -0.2) is 7.11 Å². The zero-order valence-corrected chi connectivity index (χ0v) is 13.5. The van der Waals surface area contributed by atoms with E-state index >= 15 is 0 Å². The molecule has 1 nitrogen and oxygen atoms in total. The third-order valence-corrected chi connectivity index (χ3v) is 4.40. The summed E-state index contributed by atoms with van der Waals surface area (Å²) in [7, 11) is 1.66. The first kappa shape index (κ1) is 14.5. The van der Waals surface area contributed by atoms with E-state index in [1.807, 2.05) is 24.3 Å². The predicted molar refractivity (Wildman–Crippen MR) is 82.5 cm³/mol. The van der Waals surface area contributed by atoms with Crippen LogP contribution in [0.5, 0.6) is 5.75 Å². The van der Waals surface area contributed by atoms with Gasteiger partial charge in [0.1, 0.15) is 11.6 Å². The molecule has 0 spiro atoms. The van der Waals surface area contributed by atoms with Gasteiger partial charge in [-0.1, -0.05) is 56.1 Å². The Morgan fingerprint density at radius 2 is 1.95 bits per heavy atom. The maximum absolute atomic E-state index is 13.1. The van der Waals surface area contributed by atoms with Crippen LogP contribution in [0.3, 0.4) is 0 Å². The number of methoxy groups -OCH3 is 1. The Bertz CT molecular complexity index is 572. The fourth-order valence-corrected chi connectivity index (χ4v) is 3.61. The molecule has 0 saturated carbocycles. The number of alkyl halides is 1. The van der Waals surface area contributed by atoms with Crippen LogP contribution in [0.4, 0.5) is 4.39 Å². The highest BCUT2D eigenvalue weighted by atomic mass is 79.9. The van der Waals surface area contributed by atoms with E-state index < -0.39 is 0 Å². The molecule has 0 aromatic heterocycles. The van der Waals surface area contributed by atoms with Gasteiger partial charge in [-0.2, -0.15) is 0 Å². The molecule has 0 fully saturated rings. The van der Waals surface area contributed by atoms with Crippen LogP contribution in [-0.2, 0) is 6.42 Å². The van der Waals surface area contributed by atoms with Gasteiger partial charge in [-0.3, -0.25) is 0 Å². The van der Waals surface area contributed by atoms with E-state index in [1.54, 1.807) is 13.2 Å². The second kappa shape index (κ2) is 6.53. The number of para-hydroxylation sites is 1. The van der Waals surface area contributed by atoms with Crippen molar-refractivity contribution >= 4 is 31.9 Å². The minimum Gasteiger partial charge on any atom is -0.496 e. The van der Waals surface area contributed by atoms with Crippen molar-refractivity contribution in [3.63, 3.8) is 0 Å². The predicted octanol–water partition coefficient (Wildman–Crippen LogP) is 5.28. The SMILES string of the molecule is COc1ccccc1CC(Br)c1ccc(F)cc1Br. The lowest BCUT2D eigenvalue weighted by Crippen LogP contribution is -1.99. The van der Waals surface area contributed by atoms with Crippen LogP contribution in [0.15, 0.2) is 46.9 Å². The van der Waals surface area contributed by atoms with E-state index in [0.717, 1.165) is 27.8 Å². The summed E-state index contributed by atoms with van der Waals surface area (Å²) in [5, 5.41) is 0.